The van der Waals surface area contributed by atoms with E-state index in [-0.39, 0.29) is 11.8 Å². The number of ether oxygens (including phenoxy) is 1. The van der Waals surface area contributed by atoms with E-state index in [4.69, 9.17) is 23.2 Å². The molecule has 3 rings (SSSR count). The van der Waals surface area contributed by atoms with E-state index in [1.807, 2.05) is 24.3 Å². The monoisotopic (exact) mass is 417 g/mol. The van der Waals surface area contributed by atoms with E-state index in [2.05, 4.69) is 4.74 Å². The van der Waals surface area contributed by atoms with Crippen molar-refractivity contribution in [3.05, 3.63) is 69.7 Å². The SMILES string of the molecule is COC(=O)/C=C/c1ccccc1CC1CCC(=O)N(c2c(Cl)cccc2Cl)C1. The van der Waals surface area contributed by atoms with Crippen LogP contribution >= 0.6 is 23.2 Å². The van der Waals surface area contributed by atoms with Gasteiger partial charge in [-0.15, -0.1) is 0 Å². The van der Waals surface area contributed by atoms with Crippen molar-refractivity contribution in [2.45, 2.75) is 19.3 Å². The molecule has 1 aliphatic rings. The maximum Gasteiger partial charge on any atom is 0.330 e. The number of hydrogen-bond acceptors (Lipinski definition) is 3. The molecule has 0 aromatic heterocycles. The molecule has 1 amide bonds. The van der Waals surface area contributed by atoms with Crippen LogP contribution in [0.3, 0.4) is 0 Å². The Kier molecular flexibility index (Phi) is 6.76. The molecule has 28 heavy (non-hydrogen) atoms. The number of para-hydroxylation sites is 1. The molecule has 146 valence electrons. The lowest BCUT2D eigenvalue weighted by Gasteiger charge is -2.34. The summed E-state index contributed by atoms with van der Waals surface area (Å²) in [5.74, 6) is -0.0968. The molecule has 0 bridgehead atoms. The minimum absolute atomic E-state index is 0.0325. The lowest BCUT2D eigenvalue weighted by Crippen LogP contribution is -2.41. The summed E-state index contributed by atoms with van der Waals surface area (Å²) >= 11 is 12.6. The number of benzene rings is 2. The van der Waals surface area contributed by atoms with Gasteiger partial charge in [0.15, 0.2) is 0 Å². The Balaban J connectivity index is 1.80. The standard InChI is InChI=1S/C22H21Cl2NO3/c1-28-21(27)12-10-16-5-2-3-6-17(16)13-15-9-11-20(26)25(14-15)22-18(23)7-4-8-19(22)24/h2-8,10,12,15H,9,11,13-14H2,1H3/b12-10+. The number of piperidine rings is 1. The number of amides is 1. The number of halogens is 2. The number of carbonyl (C=O) groups excluding carboxylic acids is 2. The number of nitrogens with zero attached hydrogens (tertiary/aromatic N) is 1. The van der Waals surface area contributed by atoms with Gasteiger partial charge in [0.2, 0.25) is 5.91 Å². The van der Waals surface area contributed by atoms with Gasteiger partial charge < -0.3 is 9.64 Å². The summed E-state index contributed by atoms with van der Waals surface area (Å²) in [6.45, 7) is 0.553. The normalized spacial score (nSPS) is 17.2. The van der Waals surface area contributed by atoms with Crippen molar-refractivity contribution >= 4 is 46.8 Å². The van der Waals surface area contributed by atoms with Crippen LogP contribution < -0.4 is 4.90 Å². The molecule has 0 radical (unpaired) electrons. The van der Waals surface area contributed by atoms with E-state index in [0.717, 1.165) is 24.0 Å². The Bertz CT molecular complexity index is 890. The van der Waals surface area contributed by atoms with Crippen molar-refractivity contribution in [2.24, 2.45) is 5.92 Å². The van der Waals surface area contributed by atoms with Crippen LogP contribution in [0.25, 0.3) is 6.08 Å². The van der Waals surface area contributed by atoms with Crippen LogP contribution in [0.1, 0.15) is 24.0 Å². The fourth-order valence-corrected chi connectivity index (χ4v) is 4.06. The second-order valence-electron chi connectivity index (χ2n) is 6.74. The summed E-state index contributed by atoms with van der Waals surface area (Å²) in [6.07, 6.45) is 5.21. The molecule has 1 heterocycles. The molecule has 0 spiro atoms. The Labute approximate surface area is 174 Å². The van der Waals surface area contributed by atoms with Crippen molar-refractivity contribution in [3.8, 4) is 0 Å². The van der Waals surface area contributed by atoms with Crippen LogP contribution in [0.5, 0.6) is 0 Å². The molecule has 2 aromatic rings. The van der Waals surface area contributed by atoms with Gasteiger partial charge in [-0.2, -0.15) is 0 Å². The summed E-state index contributed by atoms with van der Waals surface area (Å²) < 4.78 is 4.66. The van der Waals surface area contributed by atoms with Crippen molar-refractivity contribution in [3.63, 3.8) is 0 Å². The molecule has 2 aromatic carbocycles. The van der Waals surface area contributed by atoms with Gasteiger partial charge in [0.05, 0.1) is 22.8 Å². The molecule has 1 atom stereocenters. The van der Waals surface area contributed by atoms with Gasteiger partial charge in [-0.05, 0) is 48.1 Å². The highest BCUT2D eigenvalue weighted by Gasteiger charge is 2.29. The summed E-state index contributed by atoms with van der Waals surface area (Å²) in [6, 6.07) is 13.2. The Morgan fingerprint density at radius 3 is 2.61 bits per heavy atom. The Morgan fingerprint density at radius 2 is 1.89 bits per heavy atom. The Morgan fingerprint density at radius 1 is 1.18 bits per heavy atom. The average molecular weight is 418 g/mol. The third kappa shape index (κ3) is 4.75. The fourth-order valence-electron chi connectivity index (χ4n) is 3.46. The van der Waals surface area contributed by atoms with Gasteiger partial charge in [0.25, 0.3) is 0 Å². The first-order valence-corrected chi connectivity index (χ1v) is 9.83. The largest absolute Gasteiger partial charge is 0.466 e. The zero-order chi connectivity index (χ0) is 20.1. The third-order valence-electron chi connectivity index (χ3n) is 4.88. The van der Waals surface area contributed by atoms with Gasteiger partial charge >= 0.3 is 5.97 Å². The predicted octanol–water partition coefficient (Wildman–Crippen LogP) is 5.17. The van der Waals surface area contributed by atoms with Gasteiger partial charge in [-0.1, -0.05) is 53.5 Å². The smallest absolute Gasteiger partial charge is 0.330 e. The van der Waals surface area contributed by atoms with E-state index >= 15 is 0 Å². The average Bonchev–Trinajstić information content (AvgIpc) is 2.69. The molecule has 0 saturated carbocycles. The van der Waals surface area contributed by atoms with Crippen LogP contribution in [0, 0.1) is 5.92 Å². The summed E-state index contributed by atoms with van der Waals surface area (Å²) in [4.78, 5) is 25.6. The van der Waals surface area contributed by atoms with Crippen LogP contribution in [0.4, 0.5) is 5.69 Å². The molecule has 1 saturated heterocycles. The van der Waals surface area contributed by atoms with E-state index in [1.165, 1.54) is 13.2 Å². The molecular formula is C22H21Cl2NO3. The van der Waals surface area contributed by atoms with Crippen LogP contribution in [0.15, 0.2) is 48.5 Å². The summed E-state index contributed by atoms with van der Waals surface area (Å²) in [5.41, 5.74) is 2.67. The highest BCUT2D eigenvalue weighted by molar-refractivity contribution is 6.39. The molecular weight excluding hydrogens is 397 g/mol. The number of rotatable bonds is 5. The third-order valence-corrected chi connectivity index (χ3v) is 5.49. The first-order chi connectivity index (χ1) is 13.5. The van der Waals surface area contributed by atoms with Crippen molar-refractivity contribution < 1.29 is 14.3 Å². The first-order valence-electron chi connectivity index (χ1n) is 9.08. The highest BCUT2D eigenvalue weighted by Crippen LogP contribution is 2.37. The number of hydrogen-bond donors (Lipinski definition) is 0. The fraction of sp³-hybridized carbons (Fsp3) is 0.273. The van der Waals surface area contributed by atoms with Gasteiger partial charge in [-0.3, -0.25) is 4.79 Å². The van der Waals surface area contributed by atoms with Crippen molar-refractivity contribution in [1.82, 2.24) is 0 Å². The lowest BCUT2D eigenvalue weighted by atomic mass is 9.88. The topological polar surface area (TPSA) is 46.6 Å². The summed E-state index contributed by atoms with van der Waals surface area (Å²) in [7, 11) is 1.35. The van der Waals surface area contributed by atoms with Gasteiger partial charge in [-0.25, -0.2) is 4.79 Å². The van der Waals surface area contributed by atoms with E-state index < -0.39 is 5.97 Å². The van der Waals surface area contributed by atoms with E-state index in [9.17, 15) is 9.59 Å². The maximum absolute atomic E-state index is 12.5. The van der Waals surface area contributed by atoms with E-state index in [1.54, 1.807) is 29.2 Å². The van der Waals surface area contributed by atoms with Gasteiger partial charge in [0.1, 0.15) is 0 Å². The highest BCUT2D eigenvalue weighted by atomic mass is 35.5. The molecule has 4 nitrogen and oxygen atoms in total. The Hall–Kier alpha value is -2.30. The minimum atomic E-state index is -0.391. The number of anilines is 1. The second-order valence-corrected chi connectivity index (χ2v) is 7.55. The molecule has 1 fully saturated rings. The van der Waals surface area contributed by atoms with Crippen LogP contribution in [-0.4, -0.2) is 25.5 Å². The van der Waals surface area contributed by atoms with Crippen molar-refractivity contribution in [1.29, 1.82) is 0 Å². The van der Waals surface area contributed by atoms with Crippen LogP contribution in [-0.2, 0) is 20.7 Å². The minimum Gasteiger partial charge on any atom is -0.466 e. The zero-order valence-electron chi connectivity index (χ0n) is 15.5. The maximum atomic E-state index is 12.5. The molecule has 6 heteroatoms. The molecule has 1 unspecified atom stereocenters. The van der Waals surface area contributed by atoms with E-state index in [0.29, 0.717) is 28.7 Å². The number of esters is 1. The first kappa shape index (κ1) is 20.4. The second kappa shape index (κ2) is 9.26. The quantitative estimate of drug-likeness (QED) is 0.498. The van der Waals surface area contributed by atoms with Gasteiger partial charge in [0, 0.05) is 19.0 Å². The van der Waals surface area contributed by atoms with Crippen molar-refractivity contribution in [2.75, 3.05) is 18.6 Å². The number of methoxy groups -OCH3 is 1. The lowest BCUT2D eigenvalue weighted by molar-refractivity contribution is -0.134. The predicted molar refractivity (Wildman–Crippen MR) is 113 cm³/mol. The molecule has 1 aliphatic heterocycles. The molecule has 0 N–H and O–H groups in total. The van der Waals surface area contributed by atoms with Crippen LogP contribution in [0.2, 0.25) is 10.0 Å². The zero-order valence-corrected chi connectivity index (χ0v) is 17.0. The number of carbonyl (C=O) groups is 2. The summed E-state index contributed by atoms with van der Waals surface area (Å²) in [5, 5.41) is 0.950. The molecule has 0 aliphatic carbocycles.